The molecule has 0 atom stereocenters. The SMILES string of the molecule is CCCCCCCCCCCCCCCCOc1ccc(C(=O)CO)cc1S(=O)(=O)OC(C)(C)C. The Labute approximate surface area is 213 Å². The van der Waals surface area contributed by atoms with E-state index >= 15 is 0 Å². The summed E-state index contributed by atoms with van der Waals surface area (Å²) >= 11 is 0. The van der Waals surface area contributed by atoms with E-state index in [-0.39, 0.29) is 16.2 Å². The molecule has 1 aromatic carbocycles. The number of rotatable bonds is 20. The maximum absolute atomic E-state index is 12.8. The molecule has 1 rings (SSSR count). The minimum Gasteiger partial charge on any atom is -0.492 e. The topological polar surface area (TPSA) is 89.9 Å². The number of ketones is 1. The van der Waals surface area contributed by atoms with Gasteiger partial charge in [-0.05, 0) is 45.4 Å². The Kier molecular flexibility index (Phi) is 15.4. The standard InChI is InChI=1S/C28H48O6S/c1-5-6-7-8-9-10-11-12-13-14-15-16-17-18-21-33-26-20-19-24(25(30)23-29)22-27(26)35(31,32)34-28(2,3)4/h19-20,22,29H,5-18,21,23H2,1-4H3. The third kappa shape index (κ3) is 14.0. The number of carbonyl (C=O) groups excluding carboxylic acids is 1. The van der Waals surface area contributed by atoms with Crippen LogP contribution in [0.25, 0.3) is 0 Å². The zero-order valence-corrected chi connectivity index (χ0v) is 23.3. The van der Waals surface area contributed by atoms with Crippen LogP contribution < -0.4 is 4.74 Å². The Bertz CT molecular complexity index is 826. The number of Topliss-reactive ketones (excluding diaryl/α,β-unsaturated/α-hetero) is 1. The number of carbonyl (C=O) groups is 1. The third-order valence-electron chi connectivity index (χ3n) is 5.79. The summed E-state index contributed by atoms with van der Waals surface area (Å²) in [6, 6.07) is 4.15. The quantitative estimate of drug-likeness (QED) is 0.113. The second kappa shape index (κ2) is 17.1. The minimum atomic E-state index is -4.14. The zero-order valence-electron chi connectivity index (χ0n) is 22.4. The summed E-state index contributed by atoms with van der Waals surface area (Å²) in [6.07, 6.45) is 17.7. The van der Waals surface area contributed by atoms with Gasteiger partial charge in [-0.15, -0.1) is 0 Å². The van der Waals surface area contributed by atoms with E-state index in [4.69, 9.17) is 14.0 Å². The van der Waals surface area contributed by atoms with Gasteiger partial charge in [-0.25, -0.2) is 0 Å². The van der Waals surface area contributed by atoms with E-state index in [9.17, 15) is 13.2 Å². The van der Waals surface area contributed by atoms with Crippen molar-refractivity contribution in [3.63, 3.8) is 0 Å². The summed E-state index contributed by atoms with van der Waals surface area (Å²) in [5.74, 6) is -0.394. The summed E-state index contributed by atoms with van der Waals surface area (Å²) in [6.45, 7) is 6.87. The fourth-order valence-electron chi connectivity index (χ4n) is 3.94. The van der Waals surface area contributed by atoms with Gasteiger partial charge in [0.2, 0.25) is 0 Å². The van der Waals surface area contributed by atoms with Crippen molar-refractivity contribution < 1.29 is 27.2 Å². The fourth-order valence-corrected chi connectivity index (χ4v) is 5.33. The molecule has 1 N–H and O–H groups in total. The highest BCUT2D eigenvalue weighted by Gasteiger charge is 2.28. The Morgan fingerprint density at radius 2 is 1.31 bits per heavy atom. The predicted molar refractivity (Wildman–Crippen MR) is 142 cm³/mol. The predicted octanol–water partition coefficient (Wildman–Crippen LogP) is 7.23. The molecular formula is C28H48O6S. The summed E-state index contributed by atoms with van der Waals surface area (Å²) in [5, 5.41) is 9.13. The summed E-state index contributed by atoms with van der Waals surface area (Å²) < 4.78 is 36.7. The van der Waals surface area contributed by atoms with Crippen molar-refractivity contribution in [3.05, 3.63) is 23.8 Å². The Balaban J connectivity index is 2.38. The molecule has 0 bridgehead atoms. The molecule has 0 aromatic heterocycles. The molecule has 7 heteroatoms. The third-order valence-corrected chi connectivity index (χ3v) is 7.37. The Morgan fingerprint density at radius 3 is 1.77 bits per heavy atom. The summed E-state index contributed by atoms with van der Waals surface area (Å²) in [5.41, 5.74) is -0.825. The number of unbranched alkanes of at least 4 members (excludes halogenated alkanes) is 13. The van der Waals surface area contributed by atoms with Crippen LogP contribution in [0.15, 0.2) is 23.1 Å². The van der Waals surface area contributed by atoms with E-state index in [1.54, 1.807) is 20.8 Å². The van der Waals surface area contributed by atoms with Crippen molar-refractivity contribution in [2.45, 2.75) is 128 Å². The number of hydrogen-bond donors (Lipinski definition) is 1. The molecule has 0 fully saturated rings. The molecule has 0 amide bonds. The highest BCUT2D eigenvalue weighted by molar-refractivity contribution is 7.87. The Hall–Kier alpha value is -1.44. The molecule has 0 saturated heterocycles. The van der Waals surface area contributed by atoms with Crippen LogP contribution in [0, 0.1) is 0 Å². The molecule has 0 aliphatic heterocycles. The normalized spacial score (nSPS) is 12.1. The highest BCUT2D eigenvalue weighted by Crippen LogP contribution is 2.30. The van der Waals surface area contributed by atoms with E-state index in [0.29, 0.717) is 6.61 Å². The summed E-state index contributed by atoms with van der Waals surface area (Å²) in [7, 11) is -4.14. The fraction of sp³-hybridized carbons (Fsp3) is 0.750. The van der Waals surface area contributed by atoms with Crippen LogP contribution in [0.1, 0.15) is 128 Å². The maximum atomic E-state index is 12.8. The van der Waals surface area contributed by atoms with Gasteiger partial charge in [0.1, 0.15) is 17.3 Å². The van der Waals surface area contributed by atoms with Crippen molar-refractivity contribution in [3.8, 4) is 5.75 Å². The van der Waals surface area contributed by atoms with E-state index in [0.717, 1.165) is 19.3 Å². The second-order valence-electron chi connectivity index (χ2n) is 10.3. The van der Waals surface area contributed by atoms with E-state index < -0.39 is 28.1 Å². The van der Waals surface area contributed by atoms with Crippen molar-refractivity contribution in [2.24, 2.45) is 0 Å². The van der Waals surface area contributed by atoms with Gasteiger partial charge in [0.15, 0.2) is 5.78 Å². The number of benzene rings is 1. The molecule has 35 heavy (non-hydrogen) atoms. The van der Waals surface area contributed by atoms with Crippen molar-refractivity contribution in [1.29, 1.82) is 0 Å². The molecule has 202 valence electrons. The lowest BCUT2D eigenvalue weighted by molar-refractivity contribution is 0.0903. The lowest BCUT2D eigenvalue weighted by atomic mass is 10.0. The first-order valence-electron chi connectivity index (χ1n) is 13.5. The molecule has 0 saturated carbocycles. The zero-order chi connectivity index (χ0) is 26.2. The van der Waals surface area contributed by atoms with Crippen LogP contribution >= 0.6 is 0 Å². The van der Waals surface area contributed by atoms with Crippen LogP contribution in [0.2, 0.25) is 0 Å². The van der Waals surface area contributed by atoms with E-state index in [1.165, 1.54) is 88.8 Å². The van der Waals surface area contributed by atoms with Gasteiger partial charge < -0.3 is 9.84 Å². The van der Waals surface area contributed by atoms with Gasteiger partial charge in [0.05, 0.1) is 12.2 Å². The summed E-state index contributed by atoms with van der Waals surface area (Å²) in [4.78, 5) is 11.7. The molecule has 0 aliphatic rings. The van der Waals surface area contributed by atoms with Crippen molar-refractivity contribution in [2.75, 3.05) is 13.2 Å². The first kappa shape index (κ1) is 31.6. The van der Waals surface area contributed by atoms with Crippen LogP contribution in [0.3, 0.4) is 0 Å². The van der Waals surface area contributed by atoms with Crippen LogP contribution in [-0.4, -0.2) is 38.1 Å². The molecule has 0 heterocycles. The van der Waals surface area contributed by atoms with Crippen molar-refractivity contribution >= 4 is 15.9 Å². The second-order valence-corrected chi connectivity index (χ2v) is 11.9. The van der Waals surface area contributed by atoms with E-state index in [2.05, 4.69) is 6.92 Å². The highest BCUT2D eigenvalue weighted by atomic mass is 32.2. The lowest BCUT2D eigenvalue weighted by Crippen LogP contribution is -2.24. The van der Waals surface area contributed by atoms with Crippen LogP contribution in [0.4, 0.5) is 0 Å². The molecular weight excluding hydrogens is 464 g/mol. The van der Waals surface area contributed by atoms with Gasteiger partial charge in [-0.1, -0.05) is 90.4 Å². The first-order valence-corrected chi connectivity index (χ1v) is 14.9. The van der Waals surface area contributed by atoms with E-state index in [1.807, 2.05) is 0 Å². The largest absolute Gasteiger partial charge is 0.492 e. The van der Waals surface area contributed by atoms with Crippen LogP contribution in [-0.2, 0) is 14.3 Å². The van der Waals surface area contributed by atoms with Gasteiger partial charge in [0.25, 0.3) is 0 Å². The average Bonchev–Trinajstić information content (AvgIpc) is 2.79. The number of aliphatic hydroxyl groups is 1. The number of hydrogen-bond acceptors (Lipinski definition) is 6. The van der Waals surface area contributed by atoms with Gasteiger partial charge in [0, 0.05) is 5.56 Å². The molecule has 0 radical (unpaired) electrons. The molecule has 0 unspecified atom stereocenters. The van der Waals surface area contributed by atoms with Crippen molar-refractivity contribution in [1.82, 2.24) is 0 Å². The average molecular weight is 513 g/mol. The van der Waals surface area contributed by atoms with Gasteiger partial charge in [-0.2, -0.15) is 8.42 Å². The lowest BCUT2D eigenvalue weighted by Gasteiger charge is -2.20. The first-order chi connectivity index (χ1) is 16.6. The minimum absolute atomic E-state index is 0.104. The monoisotopic (exact) mass is 512 g/mol. The molecule has 0 spiro atoms. The van der Waals surface area contributed by atoms with Gasteiger partial charge >= 0.3 is 10.1 Å². The number of ether oxygens (including phenoxy) is 1. The molecule has 0 aliphatic carbocycles. The Morgan fingerprint density at radius 1 is 0.829 bits per heavy atom. The smallest absolute Gasteiger partial charge is 0.301 e. The molecule has 6 nitrogen and oxygen atoms in total. The van der Waals surface area contributed by atoms with Gasteiger partial charge in [-0.3, -0.25) is 8.98 Å². The number of aliphatic hydroxyl groups excluding tert-OH is 1. The molecule has 1 aromatic rings. The van der Waals surface area contributed by atoms with Crippen LogP contribution in [0.5, 0.6) is 5.75 Å². The maximum Gasteiger partial charge on any atom is 0.301 e.